The molecule has 3 rings (SSSR count). The minimum absolute atomic E-state index is 0.147. The van der Waals surface area contributed by atoms with Crippen LogP contribution in [-0.4, -0.2) is 43.6 Å². The summed E-state index contributed by atoms with van der Waals surface area (Å²) in [6.07, 6.45) is 1.12. The lowest BCUT2D eigenvalue weighted by Gasteiger charge is -2.36. The van der Waals surface area contributed by atoms with Crippen LogP contribution in [0.3, 0.4) is 0 Å². The largest absolute Gasteiger partial charge is 0.491 e. The van der Waals surface area contributed by atoms with Crippen molar-refractivity contribution in [2.24, 2.45) is 0 Å². The molecule has 26 heavy (non-hydrogen) atoms. The molecule has 0 atom stereocenters. The minimum atomic E-state index is -0.234. The molecule has 1 fully saturated rings. The Morgan fingerprint density at radius 3 is 2.42 bits per heavy atom. The van der Waals surface area contributed by atoms with E-state index in [1.165, 1.54) is 12.1 Å². The highest BCUT2D eigenvalue weighted by Crippen LogP contribution is 2.20. The Morgan fingerprint density at radius 1 is 1.04 bits per heavy atom. The third kappa shape index (κ3) is 4.65. The zero-order chi connectivity index (χ0) is 18.4. The number of hydrogen-bond acceptors (Lipinski definition) is 4. The van der Waals surface area contributed by atoms with Crippen LogP contribution < -0.4 is 15.4 Å². The van der Waals surface area contributed by atoms with Gasteiger partial charge < -0.3 is 20.3 Å². The van der Waals surface area contributed by atoms with Crippen molar-refractivity contribution in [3.05, 3.63) is 54.3 Å². The van der Waals surface area contributed by atoms with Gasteiger partial charge in [0.2, 0.25) is 5.91 Å². The Balaban J connectivity index is 1.38. The van der Waals surface area contributed by atoms with Gasteiger partial charge in [-0.15, -0.1) is 0 Å². The van der Waals surface area contributed by atoms with Gasteiger partial charge in [-0.25, -0.2) is 4.39 Å². The fraction of sp³-hybridized carbons (Fsp3) is 0.350. The predicted molar refractivity (Wildman–Crippen MR) is 101 cm³/mol. The summed E-state index contributed by atoms with van der Waals surface area (Å²) in [7, 11) is 0. The summed E-state index contributed by atoms with van der Waals surface area (Å²) < 4.78 is 18.6. The number of para-hydroxylation sites is 2. The van der Waals surface area contributed by atoms with Crippen LogP contribution in [0.1, 0.15) is 12.8 Å². The summed E-state index contributed by atoms with van der Waals surface area (Å²) in [5.41, 5.74) is 7.42. The first-order valence-corrected chi connectivity index (χ1v) is 8.89. The first-order chi connectivity index (χ1) is 12.6. The van der Waals surface area contributed by atoms with Gasteiger partial charge in [-0.1, -0.05) is 12.1 Å². The number of carbonyl (C=O) groups is 1. The Morgan fingerprint density at radius 2 is 1.73 bits per heavy atom. The molecule has 1 aliphatic heterocycles. The average molecular weight is 357 g/mol. The third-order valence-electron chi connectivity index (χ3n) is 4.54. The molecule has 1 heterocycles. The van der Waals surface area contributed by atoms with Crippen molar-refractivity contribution in [1.29, 1.82) is 0 Å². The zero-order valence-electron chi connectivity index (χ0n) is 14.7. The molecular formula is C20H24FN3O2. The molecule has 6 heteroatoms. The molecule has 1 saturated heterocycles. The van der Waals surface area contributed by atoms with Crippen molar-refractivity contribution in [1.82, 2.24) is 4.90 Å². The number of anilines is 2. The van der Waals surface area contributed by atoms with Gasteiger partial charge in [0.1, 0.15) is 11.6 Å². The van der Waals surface area contributed by atoms with Gasteiger partial charge in [-0.2, -0.15) is 0 Å². The van der Waals surface area contributed by atoms with Crippen LogP contribution in [0.25, 0.3) is 0 Å². The van der Waals surface area contributed by atoms with Crippen molar-refractivity contribution >= 4 is 17.3 Å². The summed E-state index contributed by atoms with van der Waals surface area (Å²) in [4.78, 5) is 16.4. The van der Waals surface area contributed by atoms with Crippen LogP contribution in [0.15, 0.2) is 48.5 Å². The lowest BCUT2D eigenvalue weighted by atomic mass is 10.2. The van der Waals surface area contributed by atoms with E-state index in [0.717, 1.165) is 18.8 Å². The Bertz CT molecular complexity index is 728. The van der Waals surface area contributed by atoms with E-state index in [-0.39, 0.29) is 11.7 Å². The first-order valence-electron chi connectivity index (χ1n) is 8.89. The SMILES string of the molecule is Nc1ccccc1OCCCC(=O)N1CCN(c2ccc(F)cc2)CC1. The molecule has 0 aromatic heterocycles. The molecule has 0 spiro atoms. The van der Waals surface area contributed by atoms with E-state index in [4.69, 9.17) is 10.5 Å². The van der Waals surface area contributed by atoms with E-state index < -0.39 is 0 Å². The fourth-order valence-electron chi connectivity index (χ4n) is 3.04. The first kappa shape index (κ1) is 18.0. The molecule has 138 valence electrons. The quantitative estimate of drug-likeness (QED) is 0.638. The molecule has 1 aliphatic rings. The summed E-state index contributed by atoms with van der Waals surface area (Å²) in [5, 5.41) is 0. The summed E-state index contributed by atoms with van der Waals surface area (Å²) in [6, 6.07) is 13.8. The van der Waals surface area contributed by atoms with Crippen LogP contribution in [0.4, 0.5) is 15.8 Å². The lowest BCUT2D eigenvalue weighted by molar-refractivity contribution is -0.131. The van der Waals surface area contributed by atoms with Crippen molar-refractivity contribution in [2.75, 3.05) is 43.4 Å². The standard InChI is InChI=1S/C20H24FN3O2/c21-16-7-9-17(10-8-16)23-11-13-24(14-12-23)20(25)6-3-15-26-19-5-2-1-4-18(19)22/h1-2,4-5,7-10H,3,6,11-15,22H2. The van der Waals surface area contributed by atoms with Crippen molar-refractivity contribution in [3.8, 4) is 5.75 Å². The fourth-order valence-corrected chi connectivity index (χ4v) is 3.04. The number of nitrogen functional groups attached to an aromatic ring is 1. The number of carbonyl (C=O) groups excluding carboxylic acids is 1. The van der Waals surface area contributed by atoms with E-state index in [1.54, 1.807) is 18.2 Å². The Hall–Kier alpha value is -2.76. The van der Waals surface area contributed by atoms with E-state index in [0.29, 0.717) is 44.0 Å². The van der Waals surface area contributed by atoms with Gasteiger partial charge in [0.15, 0.2) is 0 Å². The highest BCUT2D eigenvalue weighted by atomic mass is 19.1. The van der Waals surface area contributed by atoms with Gasteiger partial charge >= 0.3 is 0 Å². The smallest absolute Gasteiger partial charge is 0.222 e. The normalized spacial score (nSPS) is 14.3. The van der Waals surface area contributed by atoms with Crippen LogP contribution in [0.5, 0.6) is 5.75 Å². The molecule has 0 unspecified atom stereocenters. The van der Waals surface area contributed by atoms with Crippen LogP contribution in [0, 0.1) is 5.82 Å². The molecule has 2 N–H and O–H groups in total. The minimum Gasteiger partial charge on any atom is -0.491 e. The van der Waals surface area contributed by atoms with Gasteiger partial charge in [0.25, 0.3) is 0 Å². The van der Waals surface area contributed by atoms with Crippen molar-refractivity contribution < 1.29 is 13.9 Å². The Kier molecular flexibility index (Phi) is 5.94. The molecule has 1 amide bonds. The summed E-state index contributed by atoms with van der Waals surface area (Å²) in [5.74, 6) is 0.572. The topological polar surface area (TPSA) is 58.8 Å². The predicted octanol–water partition coefficient (Wildman–Crippen LogP) is 2.92. The molecule has 2 aromatic rings. The number of nitrogens with two attached hydrogens (primary N) is 1. The lowest BCUT2D eigenvalue weighted by Crippen LogP contribution is -2.48. The number of halogens is 1. The van der Waals surface area contributed by atoms with E-state index in [1.807, 2.05) is 23.1 Å². The van der Waals surface area contributed by atoms with Gasteiger partial charge in [-0.05, 0) is 42.8 Å². The molecule has 0 bridgehead atoms. The van der Waals surface area contributed by atoms with Crippen LogP contribution >= 0.6 is 0 Å². The second-order valence-corrected chi connectivity index (χ2v) is 6.33. The molecule has 0 saturated carbocycles. The second-order valence-electron chi connectivity index (χ2n) is 6.33. The number of piperazine rings is 1. The number of nitrogens with zero attached hydrogens (tertiary/aromatic N) is 2. The number of ether oxygens (including phenoxy) is 1. The van der Waals surface area contributed by atoms with E-state index in [2.05, 4.69) is 4.90 Å². The van der Waals surface area contributed by atoms with Crippen molar-refractivity contribution in [3.63, 3.8) is 0 Å². The summed E-state index contributed by atoms with van der Waals surface area (Å²) in [6.45, 7) is 3.35. The van der Waals surface area contributed by atoms with Gasteiger partial charge in [-0.3, -0.25) is 4.79 Å². The summed E-state index contributed by atoms with van der Waals surface area (Å²) >= 11 is 0. The third-order valence-corrected chi connectivity index (χ3v) is 4.54. The molecule has 0 aliphatic carbocycles. The number of hydrogen-bond donors (Lipinski definition) is 1. The maximum atomic E-state index is 13.0. The van der Waals surface area contributed by atoms with E-state index >= 15 is 0 Å². The maximum Gasteiger partial charge on any atom is 0.222 e. The van der Waals surface area contributed by atoms with Crippen LogP contribution in [-0.2, 0) is 4.79 Å². The number of rotatable bonds is 6. The van der Waals surface area contributed by atoms with E-state index in [9.17, 15) is 9.18 Å². The maximum absolute atomic E-state index is 13.0. The van der Waals surface area contributed by atoms with Crippen LogP contribution in [0.2, 0.25) is 0 Å². The average Bonchev–Trinajstić information content (AvgIpc) is 2.67. The molecular weight excluding hydrogens is 333 g/mol. The van der Waals surface area contributed by atoms with Gasteiger partial charge in [0, 0.05) is 38.3 Å². The second kappa shape index (κ2) is 8.56. The number of amides is 1. The molecule has 2 aromatic carbocycles. The van der Waals surface area contributed by atoms with Crippen molar-refractivity contribution in [2.45, 2.75) is 12.8 Å². The highest BCUT2D eigenvalue weighted by molar-refractivity contribution is 5.76. The zero-order valence-corrected chi connectivity index (χ0v) is 14.7. The highest BCUT2D eigenvalue weighted by Gasteiger charge is 2.21. The van der Waals surface area contributed by atoms with Gasteiger partial charge in [0.05, 0.1) is 12.3 Å². The molecule has 5 nitrogen and oxygen atoms in total. The Labute approximate surface area is 153 Å². The molecule has 0 radical (unpaired) electrons. The number of benzene rings is 2. The monoisotopic (exact) mass is 357 g/mol.